The summed E-state index contributed by atoms with van der Waals surface area (Å²) in [5.41, 5.74) is 1.38. The van der Waals surface area contributed by atoms with E-state index in [-0.39, 0.29) is 5.56 Å². The molecule has 2 aromatic rings. The first-order chi connectivity index (χ1) is 6.16. The molecule has 2 heterocycles. The molecule has 0 saturated heterocycles. The molecule has 0 fully saturated rings. The van der Waals surface area contributed by atoms with Gasteiger partial charge in [-0.3, -0.25) is 4.79 Å². The van der Waals surface area contributed by atoms with Gasteiger partial charge in [-0.25, -0.2) is 4.98 Å². The van der Waals surface area contributed by atoms with E-state index >= 15 is 0 Å². The highest BCUT2D eigenvalue weighted by atomic mass is 79.9. The molecule has 0 amide bonds. The van der Waals surface area contributed by atoms with E-state index in [2.05, 4.69) is 25.9 Å². The third-order valence-electron chi connectivity index (χ3n) is 1.84. The number of hydrogen-bond donors (Lipinski definition) is 1. The van der Waals surface area contributed by atoms with Gasteiger partial charge in [0.1, 0.15) is 5.65 Å². The normalized spacial score (nSPS) is 10.5. The standard InChI is InChI=1S/C8H6BBrN2O/c9-7-5(10)3-4-1-2-6(13)11-8(4)12-7/h1-3H,9H2,(H,11,12,13). The maximum absolute atomic E-state index is 11.0. The van der Waals surface area contributed by atoms with Crippen LogP contribution in [0, 0.1) is 0 Å². The Balaban J connectivity index is 2.89. The van der Waals surface area contributed by atoms with Gasteiger partial charge in [0.15, 0.2) is 7.85 Å². The molecular formula is C8H6BBrN2O. The van der Waals surface area contributed by atoms with Crippen molar-refractivity contribution in [2.45, 2.75) is 0 Å². The lowest BCUT2D eigenvalue weighted by Gasteiger charge is -2.00. The van der Waals surface area contributed by atoms with Crippen molar-refractivity contribution in [3.8, 4) is 0 Å². The number of aromatic nitrogens is 2. The van der Waals surface area contributed by atoms with Gasteiger partial charge in [-0.05, 0) is 28.1 Å². The fourth-order valence-corrected chi connectivity index (χ4v) is 1.48. The molecule has 13 heavy (non-hydrogen) atoms. The van der Waals surface area contributed by atoms with Crippen LogP contribution in [-0.2, 0) is 0 Å². The van der Waals surface area contributed by atoms with Crippen LogP contribution < -0.4 is 11.2 Å². The van der Waals surface area contributed by atoms with E-state index in [0.29, 0.717) is 5.65 Å². The molecule has 2 rings (SSSR count). The van der Waals surface area contributed by atoms with E-state index in [4.69, 9.17) is 0 Å². The largest absolute Gasteiger partial charge is 0.307 e. The van der Waals surface area contributed by atoms with Crippen molar-refractivity contribution in [3.05, 3.63) is 33.0 Å². The molecule has 3 nitrogen and oxygen atoms in total. The van der Waals surface area contributed by atoms with E-state index in [1.807, 2.05) is 13.9 Å². The van der Waals surface area contributed by atoms with Gasteiger partial charge in [0.05, 0.1) is 0 Å². The highest BCUT2D eigenvalue weighted by Gasteiger charge is 2.00. The zero-order valence-electron chi connectivity index (χ0n) is 6.97. The van der Waals surface area contributed by atoms with Gasteiger partial charge in [0.25, 0.3) is 0 Å². The van der Waals surface area contributed by atoms with Crippen molar-refractivity contribution in [2.75, 3.05) is 0 Å². The SMILES string of the molecule is Bc1nc2[nH]c(=O)ccc2cc1Br. The molecule has 64 valence electrons. The Labute approximate surface area is 83.7 Å². The van der Waals surface area contributed by atoms with Crippen molar-refractivity contribution in [1.29, 1.82) is 0 Å². The molecular weight excluding hydrogens is 231 g/mol. The second kappa shape index (κ2) is 2.99. The number of pyridine rings is 2. The van der Waals surface area contributed by atoms with Gasteiger partial charge in [-0.2, -0.15) is 0 Å². The molecule has 0 saturated carbocycles. The van der Waals surface area contributed by atoms with Crippen LogP contribution in [0.3, 0.4) is 0 Å². The van der Waals surface area contributed by atoms with E-state index in [1.165, 1.54) is 6.07 Å². The summed E-state index contributed by atoms with van der Waals surface area (Å²) in [6, 6.07) is 5.19. The summed E-state index contributed by atoms with van der Waals surface area (Å²) in [6.45, 7) is 0. The minimum absolute atomic E-state index is 0.123. The second-order valence-electron chi connectivity index (χ2n) is 2.82. The minimum atomic E-state index is -0.123. The molecule has 0 bridgehead atoms. The zero-order valence-corrected chi connectivity index (χ0v) is 8.55. The van der Waals surface area contributed by atoms with Crippen molar-refractivity contribution in [3.63, 3.8) is 0 Å². The number of nitrogens with zero attached hydrogens (tertiary/aromatic N) is 1. The van der Waals surface area contributed by atoms with Gasteiger partial charge in [0, 0.05) is 21.5 Å². The molecule has 0 aliphatic rings. The van der Waals surface area contributed by atoms with Crippen LogP contribution in [-0.4, -0.2) is 17.8 Å². The summed E-state index contributed by atoms with van der Waals surface area (Å²) in [5, 5.41) is 0.928. The fraction of sp³-hybridized carbons (Fsp3) is 0. The lowest BCUT2D eigenvalue weighted by Crippen LogP contribution is -2.13. The molecule has 0 unspecified atom stereocenters. The van der Waals surface area contributed by atoms with E-state index in [0.717, 1.165) is 15.5 Å². The number of fused-ring (bicyclic) bond motifs is 1. The van der Waals surface area contributed by atoms with E-state index in [9.17, 15) is 4.79 Å². The molecule has 0 aromatic carbocycles. The highest BCUT2D eigenvalue weighted by molar-refractivity contribution is 9.10. The quantitative estimate of drug-likeness (QED) is 0.652. The third kappa shape index (κ3) is 1.51. The molecule has 2 aromatic heterocycles. The van der Waals surface area contributed by atoms with Gasteiger partial charge in [0.2, 0.25) is 5.56 Å². The second-order valence-corrected chi connectivity index (χ2v) is 3.67. The fourth-order valence-electron chi connectivity index (χ4n) is 1.15. The van der Waals surface area contributed by atoms with Gasteiger partial charge in [-0.15, -0.1) is 0 Å². The number of nitrogens with one attached hydrogen (secondary N) is 1. The maximum atomic E-state index is 11.0. The summed E-state index contributed by atoms with van der Waals surface area (Å²) in [4.78, 5) is 17.9. The van der Waals surface area contributed by atoms with Crippen LogP contribution in [0.15, 0.2) is 27.5 Å². The van der Waals surface area contributed by atoms with Crippen LogP contribution in [0.2, 0.25) is 0 Å². The first-order valence-electron chi connectivity index (χ1n) is 3.83. The molecule has 0 spiro atoms. The van der Waals surface area contributed by atoms with Gasteiger partial charge < -0.3 is 4.98 Å². The average molecular weight is 237 g/mol. The van der Waals surface area contributed by atoms with Crippen LogP contribution >= 0.6 is 15.9 Å². The number of hydrogen-bond acceptors (Lipinski definition) is 2. The van der Waals surface area contributed by atoms with Crippen molar-refractivity contribution in [1.82, 2.24) is 9.97 Å². The van der Waals surface area contributed by atoms with Crippen molar-refractivity contribution in [2.24, 2.45) is 0 Å². The summed E-state index contributed by atoms with van der Waals surface area (Å²) >= 11 is 3.38. The summed E-state index contributed by atoms with van der Waals surface area (Å²) in [7, 11) is 1.88. The Bertz CT molecular complexity index is 523. The van der Waals surface area contributed by atoms with Gasteiger partial charge >= 0.3 is 0 Å². The molecule has 5 heteroatoms. The monoisotopic (exact) mass is 236 g/mol. The highest BCUT2D eigenvalue weighted by Crippen LogP contribution is 2.11. The minimum Gasteiger partial charge on any atom is -0.307 e. The Morgan fingerprint density at radius 2 is 2.23 bits per heavy atom. The van der Waals surface area contributed by atoms with Crippen LogP contribution in [0.4, 0.5) is 0 Å². The molecule has 0 aliphatic heterocycles. The smallest absolute Gasteiger partial charge is 0.249 e. The lowest BCUT2D eigenvalue weighted by molar-refractivity contribution is 1.24. The van der Waals surface area contributed by atoms with E-state index in [1.54, 1.807) is 6.07 Å². The van der Waals surface area contributed by atoms with Crippen LogP contribution in [0.1, 0.15) is 0 Å². The topological polar surface area (TPSA) is 45.8 Å². The van der Waals surface area contributed by atoms with Crippen LogP contribution in [0.5, 0.6) is 0 Å². The number of H-pyrrole nitrogens is 1. The van der Waals surface area contributed by atoms with Crippen LogP contribution in [0.25, 0.3) is 11.0 Å². The Morgan fingerprint density at radius 3 is 3.00 bits per heavy atom. The third-order valence-corrected chi connectivity index (χ3v) is 2.64. The lowest BCUT2D eigenvalue weighted by atomic mass is 10.0. The number of aromatic amines is 1. The molecule has 0 atom stereocenters. The Morgan fingerprint density at radius 1 is 1.46 bits per heavy atom. The molecule has 0 aliphatic carbocycles. The number of halogens is 1. The predicted octanol–water partition coefficient (Wildman–Crippen LogP) is -0.0560. The molecule has 0 radical (unpaired) electrons. The maximum Gasteiger partial charge on any atom is 0.249 e. The first-order valence-corrected chi connectivity index (χ1v) is 4.62. The average Bonchev–Trinajstić information content (AvgIpc) is 2.08. The Hall–Kier alpha value is -1.10. The van der Waals surface area contributed by atoms with Crippen molar-refractivity contribution < 1.29 is 0 Å². The zero-order chi connectivity index (χ0) is 9.42. The summed E-state index contributed by atoms with van der Waals surface area (Å²) < 4.78 is 0.951. The first kappa shape index (κ1) is 8.50. The summed E-state index contributed by atoms with van der Waals surface area (Å²) in [5.74, 6) is 0. The van der Waals surface area contributed by atoms with Gasteiger partial charge in [-0.1, -0.05) is 0 Å². The van der Waals surface area contributed by atoms with Crippen molar-refractivity contribution >= 4 is 40.4 Å². The van der Waals surface area contributed by atoms with E-state index < -0.39 is 0 Å². The summed E-state index contributed by atoms with van der Waals surface area (Å²) in [6.07, 6.45) is 0. The predicted molar refractivity (Wildman–Crippen MR) is 58.2 cm³/mol. The Kier molecular flexibility index (Phi) is 1.96. The molecule has 1 N–H and O–H groups in total. The number of rotatable bonds is 0.